The normalized spacial score (nSPS) is 14.3. The van der Waals surface area contributed by atoms with Gasteiger partial charge in [0.05, 0.1) is 6.54 Å². The van der Waals surface area contributed by atoms with E-state index in [9.17, 15) is 26.3 Å². The number of fused-ring (bicyclic) bond motifs is 1. The number of hydrogen-bond donors (Lipinski definition) is 2. The van der Waals surface area contributed by atoms with Crippen molar-refractivity contribution in [3.8, 4) is 0 Å². The summed E-state index contributed by atoms with van der Waals surface area (Å²) in [6.07, 6.45) is -9.18. The zero-order chi connectivity index (χ0) is 27.7. The molecule has 0 saturated carbocycles. The highest BCUT2D eigenvalue weighted by Gasteiger charge is 2.38. The van der Waals surface area contributed by atoms with E-state index < -0.39 is 24.3 Å². The number of carboxylic acid groups (broad SMARTS) is 2. The third-order valence-corrected chi connectivity index (χ3v) is 5.77. The van der Waals surface area contributed by atoms with Crippen molar-refractivity contribution in [3.63, 3.8) is 0 Å². The van der Waals surface area contributed by atoms with Crippen LogP contribution in [-0.4, -0.2) is 85.2 Å². The first kappa shape index (κ1) is 31.3. The Balaban J connectivity index is 0.000000383. The largest absolute Gasteiger partial charge is 0.490 e. The van der Waals surface area contributed by atoms with E-state index in [0.29, 0.717) is 6.04 Å². The van der Waals surface area contributed by atoms with Gasteiger partial charge in [-0.3, -0.25) is 9.80 Å². The molecule has 3 rings (SSSR count). The molecular formula is C20H27F6N5O4S. The number of halogens is 6. The van der Waals surface area contributed by atoms with Crippen LogP contribution in [0.4, 0.5) is 26.3 Å². The Morgan fingerprint density at radius 1 is 1.06 bits per heavy atom. The summed E-state index contributed by atoms with van der Waals surface area (Å²) in [5.41, 5.74) is 0. The maximum absolute atomic E-state index is 10.6. The van der Waals surface area contributed by atoms with Crippen molar-refractivity contribution in [1.82, 2.24) is 24.6 Å². The molecule has 2 aromatic heterocycles. The Hall–Kier alpha value is -2.72. The summed E-state index contributed by atoms with van der Waals surface area (Å²) in [6.45, 7) is 9.48. The molecular weight excluding hydrogens is 520 g/mol. The van der Waals surface area contributed by atoms with Crippen molar-refractivity contribution in [2.75, 3.05) is 20.1 Å². The van der Waals surface area contributed by atoms with Crippen molar-refractivity contribution < 1.29 is 46.1 Å². The molecule has 0 spiro atoms. The Kier molecular flexibility index (Phi) is 11.8. The average Bonchev–Trinajstić information content (AvgIpc) is 3.34. The summed E-state index contributed by atoms with van der Waals surface area (Å²) in [4.78, 5) is 24.1. The van der Waals surface area contributed by atoms with Crippen molar-refractivity contribution in [2.24, 2.45) is 0 Å². The molecule has 0 atom stereocenters. The van der Waals surface area contributed by atoms with Crippen molar-refractivity contribution in [2.45, 2.75) is 58.3 Å². The lowest BCUT2D eigenvalue weighted by Crippen LogP contribution is -2.29. The minimum atomic E-state index is -5.08. The van der Waals surface area contributed by atoms with E-state index in [0.717, 1.165) is 50.8 Å². The number of aliphatic carboxylic acids is 2. The number of hydrogen-bond acceptors (Lipinski definition) is 7. The van der Waals surface area contributed by atoms with E-state index in [2.05, 4.69) is 63.0 Å². The van der Waals surface area contributed by atoms with Crippen LogP contribution in [0.25, 0.3) is 0 Å². The fraction of sp³-hybridized carbons (Fsp3) is 0.600. The quantitative estimate of drug-likeness (QED) is 0.548. The number of aromatic nitrogens is 3. The van der Waals surface area contributed by atoms with Gasteiger partial charge in [-0.05, 0) is 32.3 Å². The lowest BCUT2D eigenvalue weighted by Gasteiger charge is -2.21. The maximum atomic E-state index is 10.6. The fourth-order valence-corrected chi connectivity index (χ4v) is 3.48. The molecule has 0 unspecified atom stereocenters. The van der Waals surface area contributed by atoms with Gasteiger partial charge in [0.25, 0.3) is 0 Å². The Morgan fingerprint density at radius 2 is 1.61 bits per heavy atom. The van der Waals surface area contributed by atoms with Crippen molar-refractivity contribution in [3.05, 3.63) is 34.0 Å². The smallest absolute Gasteiger partial charge is 0.475 e. The van der Waals surface area contributed by atoms with E-state index >= 15 is 0 Å². The third-order valence-electron chi connectivity index (χ3n) is 4.91. The van der Waals surface area contributed by atoms with Gasteiger partial charge in [-0.1, -0.05) is 6.07 Å². The van der Waals surface area contributed by atoms with Crippen LogP contribution in [0, 0.1) is 0 Å². The van der Waals surface area contributed by atoms with Crippen molar-refractivity contribution >= 4 is 23.3 Å². The predicted octanol–water partition coefficient (Wildman–Crippen LogP) is 3.50. The Labute approximate surface area is 206 Å². The molecule has 0 aliphatic carbocycles. The SMILES string of the molecule is CC(C)N(C)Cc1nnc2n1CCN(Cc1cccs1)CC2.O=C(O)C(F)(F)F.O=C(O)C(F)(F)F. The van der Waals surface area contributed by atoms with Crippen LogP contribution in [0.1, 0.15) is 30.4 Å². The number of rotatable bonds is 5. The number of nitrogens with zero attached hydrogens (tertiary/aromatic N) is 5. The number of carboxylic acids is 2. The molecule has 0 bridgehead atoms. The van der Waals surface area contributed by atoms with Gasteiger partial charge >= 0.3 is 24.3 Å². The predicted molar refractivity (Wildman–Crippen MR) is 117 cm³/mol. The third kappa shape index (κ3) is 10.9. The molecule has 204 valence electrons. The molecule has 0 aromatic carbocycles. The highest BCUT2D eigenvalue weighted by Crippen LogP contribution is 2.16. The first-order valence-electron chi connectivity index (χ1n) is 10.5. The highest BCUT2D eigenvalue weighted by atomic mass is 32.1. The molecule has 3 heterocycles. The van der Waals surface area contributed by atoms with E-state index in [4.69, 9.17) is 19.8 Å². The van der Waals surface area contributed by atoms with E-state index in [1.54, 1.807) is 0 Å². The Bertz CT molecular complexity index is 939. The van der Waals surface area contributed by atoms with E-state index in [-0.39, 0.29) is 0 Å². The topological polar surface area (TPSA) is 112 Å². The first-order valence-corrected chi connectivity index (χ1v) is 11.4. The van der Waals surface area contributed by atoms with Crippen LogP contribution in [-0.2, 0) is 35.6 Å². The summed E-state index contributed by atoms with van der Waals surface area (Å²) >= 11 is 1.84. The number of carbonyl (C=O) groups is 2. The minimum Gasteiger partial charge on any atom is -0.475 e. The molecule has 1 aliphatic rings. The summed E-state index contributed by atoms with van der Waals surface area (Å²) < 4.78 is 65.8. The number of alkyl halides is 6. The molecule has 0 radical (unpaired) electrons. The zero-order valence-corrected chi connectivity index (χ0v) is 20.5. The summed E-state index contributed by atoms with van der Waals surface area (Å²) in [6, 6.07) is 4.87. The van der Waals surface area contributed by atoms with Crippen LogP contribution in [0.5, 0.6) is 0 Å². The molecule has 1 aliphatic heterocycles. The molecule has 36 heavy (non-hydrogen) atoms. The molecule has 2 N–H and O–H groups in total. The second-order valence-electron chi connectivity index (χ2n) is 7.90. The standard InChI is InChI=1S/C16H25N5S.2C2HF3O2/c1-13(2)19(3)12-16-18-17-15-6-7-20(8-9-21(15)16)11-14-5-4-10-22-14;2*3-2(4,5)1(6)7/h4-5,10,13H,6-9,11-12H2,1-3H3;2*(H,6,7). The molecule has 0 fully saturated rings. The molecule has 9 nitrogen and oxygen atoms in total. The van der Waals surface area contributed by atoms with Gasteiger partial charge in [-0.15, -0.1) is 21.5 Å². The summed E-state index contributed by atoms with van der Waals surface area (Å²) in [7, 11) is 2.14. The maximum Gasteiger partial charge on any atom is 0.490 e. The lowest BCUT2D eigenvalue weighted by molar-refractivity contribution is -0.193. The minimum absolute atomic E-state index is 0.522. The van der Waals surface area contributed by atoms with E-state index in [1.807, 2.05) is 11.3 Å². The van der Waals surface area contributed by atoms with Crippen LogP contribution in [0.3, 0.4) is 0 Å². The second-order valence-corrected chi connectivity index (χ2v) is 8.94. The second kappa shape index (κ2) is 13.5. The van der Waals surface area contributed by atoms with Crippen LogP contribution in [0.2, 0.25) is 0 Å². The lowest BCUT2D eigenvalue weighted by atomic mass is 10.3. The fourth-order valence-electron chi connectivity index (χ4n) is 2.73. The van der Waals surface area contributed by atoms with Gasteiger partial charge < -0.3 is 14.8 Å². The number of thiophene rings is 1. The molecule has 2 aromatic rings. The molecule has 0 amide bonds. The van der Waals surface area contributed by atoms with Crippen LogP contribution >= 0.6 is 11.3 Å². The first-order chi connectivity index (χ1) is 16.5. The van der Waals surface area contributed by atoms with Gasteiger partial charge in [0.1, 0.15) is 11.6 Å². The average molecular weight is 548 g/mol. The van der Waals surface area contributed by atoms with Crippen molar-refractivity contribution in [1.29, 1.82) is 0 Å². The van der Waals surface area contributed by atoms with Crippen LogP contribution < -0.4 is 0 Å². The monoisotopic (exact) mass is 547 g/mol. The summed E-state index contributed by atoms with van der Waals surface area (Å²) in [5.74, 6) is -3.27. The summed E-state index contributed by atoms with van der Waals surface area (Å²) in [5, 5.41) is 25.2. The van der Waals surface area contributed by atoms with Gasteiger partial charge in [0.15, 0.2) is 0 Å². The van der Waals surface area contributed by atoms with E-state index in [1.165, 1.54) is 4.88 Å². The van der Waals surface area contributed by atoms with Gasteiger partial charge in [0, 0.05) is 43.5 Å². The molecule has 0 saturated heterocycles. The van der Waals surface area contributed by atoms with Gasteiger partial charge in [-0.25, -0.2) is 9.59 Å². The zero-order valence-electron chi connectivity index (χ0n) is 19.7. The van der Waals surface area contributed by atoms with Gasteiger partial charge in [-0.2, -0.15) is 26.3 Å². The van der Waals surface area contributed by atoms with Gasteiger partial charge in [0.2, 0.25) is 0 Å². The van der Waals surface area contributed by atoms with Crippen LogP contribution in [0.15, 0.2) is 17.5 Å². The highest BCUT2D eigenvalue weighted by molar-refractivity contribution is 7.09. The Morgan fingerprint density at radius 3 is 2.06 bits per heavy atom. The molecule has 16 heteroatoms.